The molecule has 0 heterocycles. The number of rotatable bonds is 4. The van der Waals surface area contributed by atoms with E-state index in [9.17, 15) is 9.59 Å². The first-order valence-electron chi connectivity index (χ1n) is 4.26. The lowest BCUT2D eigenvalue weighted by Crippen LogP contribution is -2.37. The molecule has 4 nitrogen and oxygen atoms in total. The maximum Gasteiger partial charge on any atom is 0.332 e. The van der Waals surface area contributed by atoms with Gasteiger partial charge in [-0.15, -0.1) is 0 Å². The highest BCUT2D eigenvalue weighted by molar-refractivity contribution is 6.66. The van der Waals surface area contributed by atoms with Crippen LogP contribution >= 0.6 is 11.6 Å². The minimum Gasteiger partial charge on any atom is -0.459 e. The number of ether oxygens (including phenoxy) is 1. The van der Waals surface area contributed by atoms with E-state index >= 15 is 0 Å². The van der Waals surface area contributed by atoms with Gasteiger partial charge in [0.25, 0.3) is 0 Å². The first-order chi connectivity index (χ1) is 7.11. The van der Waals surface area contributed by atoms with Crippen molar-refractivity contribution >= 4 is 22.8 Å². The third kappa shape index (κ3) is 3.69. The predicted octanol–water partition coefficient (Wildman–Crippen LogP) is 0.822. The largest absolute Gasteiger partial charge is 0.459 e. The molecule has 0 saturated heterocycles. The molecule has 1 aromatic rings. The summed E-state index contributed by atoms with van der Waals surface area (Å²) < 4.78 is 4.78. The average Bonchev–Trinajstić information content (AvgIpc) is 2.26. The molecule has 2 N–H and O–H groups in total. The molecule has 0 bridgehead atoms. The molecule has 1 rings (SSSR count). The van der Waals surface area contributed by atoms with Gasteiger partial charge in [0.2, 0.25) is 5.24 Å². The Hall–Kier alpha value is -1.39. The quantitative estimate of drug-likeness (QED) is 0.470. The molecule has 0 fully saturated rings. The zero-order valence-electron chi connectivity index (χ0n) is 7.85. The lowest BCUT2D eigenvalue weighted by molar-refractivity contribution is -0.147. The van der Waals surface area contributed by atoms with E-state index in [1.807, 2.05) is 18.2 Å². The number of carbonyl (C=O) groups is 2. The van der Waals surface area contributed by atoms with E-state index in [2.05, 4.69) is 0 Å². The zero-order chi connectivity index (χ0) is 11.3. The monoisotopic (exact) mass is 227 g/mol. The number of benzene rings is 1. The van der Waals surface area contributed by atoms with E-state index in [0.717, 1.165) is 5.56 Å². The predicted molar refractivity (Wildman–Crippen MR) is 55.1 cm³/mol. The van der Waals surface area contributed by atoms with Crippen LogP contribution in [0.2, 0.25) is 0 Å². The first-order valence-corrected chi connectivity index (χ1v) is 4.64. The van der Waals surface area contributed by atoms with Crippen LogP contribution in [0.4, 0.5) is 0 Å². The van der Waals surface area contributed by atoms with Crippen molar-refractivity contribution in [3.63, 3.8) is 0 Å². The molecule has 80 valence electrons. The second kappa shape index (κ2) is 5.48. The van der Waals surface area contributed by atoms with Gasteiger partial charge in [0.05, 0.1) is 0 Å². The van der Waals surface area contributed by atoms with Crippen molar-refractivity contribution in [1.29, 1.82) is 0 Å². The third-order valence-corrected chi connectivity index (χ3v) is 1.96. The summed E-state index contributed by atoms with van der Waals surface area (Å²) in [7, 11) is 0. The molecule has 0 aromatic heterocycles. The number of esters is 1. The van der Waals surface area contributed by atoms with Crippen molar-refractivity contribution in [3.8, 4) is 0 Å². The van der Waals surface area contributed by atoms with Gasteiger partial charge in [-0.2, -0.15) is 0 Å². The molecule has 1 unspecified atom stereocenters. The van der Waals surface area contributed by atoms with Gasteiger partial charge in [-0.1, -0.05) is 30.3 Å². The summed E-state index contributed by atoms with van der Waals surface area (Å²) in [5.74, 6) is -0.821. The smallest absolute Gasteiger partial charge is 0.332 e. The van der Waals surface area contributed by atoms with Crippen molar-refractivity contribution in [1.82, 2.24) is 0 Å². The van der Waals surface area contributed by atoms with Gasteiger partial charge >= 0.3 is 5.97 Å². The van der Waals surface area contributed by atoms with Crippen LogP contribution in [0.1, 0.15) is 5.56 Å². The Kier molecular flexibility index (Phi) is 4.27. The summed E-state index contributed by atoms with van der Waals surface area (Å²) in [4.78, 5) is 21.6. The van der Waals surface area contributed by atoms with Crippen LogP contribution < -0.4 is 5.73 Å². The summed E-state index contributed by atoms with van der Waals surface area (Å²) in [5.41, 5.74) is 5.99. The van der Waals surface area contributed by atoms with Crippen LogP contribution in [-0.4, -0.2) is 17.3 Å². The van der Waals surface area contributed by atoms with E-state index in [4.69, 9.17) is 22.1 Å². The summed E-state index contributed by atoms with van der Waals surface area (Å²) in [6.07, 6.45) is 0. The molecular weight excluding hydrogens is 218 g/mol. The fourth-order valence-electron chi connectivity index (χ4n) is 0.911. The van der Waals surface area contributed by atoms with Crippen LogP contribution in [-0.2, 0) is 20.9 Å². The van der Waals surface area contributed by atoms with Crippen LogP contribution in [0.15, 0.2) is 30.3 Å². The van der Waals surface area contributed by atoms with Gasteiger partial charge in [-0.05, 0) is 17.2 Å². The Balaban J connectivity index is 2.44. The maximum atomic E-state index is 11.1. The van der Waals surface area contributed by atoms with Gasteiger partial charge in [0.1, 0.15) is 6.61 Å². The first kappa shape index (κ1) is 11.7. The van der Waals surface area contributed by atoms with Gasteiger partial charge in [0.15, 0.2) is 6.04 Å². The standard InChI is InChI=1S/C10H10ClNO3/c11-9(13)8(12)10(14)15-6-7-4-2-1-3-5-7/h1-5,8H,6,12H2. The number of nitrogens with two attached hydrogens (primary N) is 1. The second-order valence-electron chi connectivity index (χ2n) is 2.88. The fourth-order valence-corrected chi connectivity index (χ4v) is 1.00. The molecule has 0 aliphatic heterocycles. The van der Waals surface area contributed by atoms with Crippen molar-refractivity contribution in [3.05, 3.63) is 35.9 Å². The average molecular weight is 228 g/mol. The Labute approximate surface area is 92.0 Å². The molecule has 0 aliphatic carbocycles. The van der Waals surface area contributed by atoms with E-state index < -0.39 is 17.3 Å². The summed E-state index contributed by atoms with van der Waals surface area (Å²) in [5, 5.41) is -0.923. The van der Waals surface area contributed by atoms with E-state index in [-0.39, 0.29) is 6.61 Å². The molecular formula is C10H10ClNO3. The normalized spacial score (nSPS) is 11.9. The topological polar surface area (TPSA) is 69.4 Å². The molecule has 0 aliphatic rings. The summed E-state index contributed by atoms with van der Waals surface area (Å²) in [6, 6.07) is 7.66. The van der Waals surface area contributed by atoms with Gasteiger partial charge in [0, 0.05) is 0 Å². The Bertz CT molecular complexity index is 353. The van der Waals surface area contributed by atoms with Crippen molar-refractivity contribution in [2.75, 3.05) is 0 Å². The van der Waals surface area contributed by atoms with E-state index in [1.165, 1.54) is 0 Å². The Morgan fingerprint density at radius 1 is 1.33 bits per heavy atom. The molecule has 5 heteroatoms. The van der Waals surface area contributed by atoms with E-state index in [0.29, 0.717) is 0 Å². The number of hydrogen-bond acceptors (Lipinski definition) is 4. The second-order valence-corrected chi connectivity index (χ2v) is 3.25. The van der Waals surface area contributed by atoms with Crippen molar-refractivity contribution in [2.45, 2.75) is 12.6 Å². The van der Waals surface area contributed by atoms with Gasteiger partial charge in [-0.3, -0.25) is 4.79 Å². The van der Waals surface area contributed by atoms with Crippen LogP contribution in [0.3, 0.4) is 0 Å². The minimum atomic E-state index is -1.41. The Morgan fingerprint density at radius 3 is 2.47 bits per heavy atom. The molecule has 1 atom stereocenters. The number of hydrogen-bond donors (Lipinski definition) is 1. The maximum absolute atomic E-state index is 11.1. The Morgan fingerprint density at radius 2 is 1.93 bits per heavy atom. The van der Waals surface area contributed by atoms with Gasteiger partial charge < -0.3 is 10.5 Å². The molecule has 15 heavy (non-hydrogen) atoms. The SMILES string of the molecule is NC(C(=O)Cl)C(=O)OCc1ccccc1. The number of carbonyl (C=O) groups excluding carboxylic acids is 2. The highest BCUT2D eigenvalue weighted by Gasteiger charge is 2.21. The van der Waals surface area contributed by atoms with Gasteiger partial charge in [-0.25, -0.2) is 4.79 Å². The van der Waals surface area contributed by atoms with Crippen LogP contribution in [0, 0.1) is 0 Å². The summed E-state index contributed by atoms with van der Waals surface area (Å²) >= 11 is 5.04. The zero-order valence-corrected chi connectivity index (χ0v) is 8.61. The van der Waals surface area contributed by atoms with E-state index in [1.54, 1.807) is 12.1 Å². The molecule has 0 amide bonds. The van der Waals surface area contributed by atoms with Crippen LogP contribution in [0.25, 0.3) is 0 Å². The molecule has 0 spiro atoms. The minimum absolute atomic E-state index is 0.0809. The molecule has 1 aromatic carbocycles. The van der Waals surface area contributed by atoms with Crippen molar-refractivity contribution < 1.29 is 14.3 Å². The summed E-state index contributed by atoms with van der Waals surface area (Å²) in [6.45, 7) is 0.0809. The number of halogens is 1. The fraction of sp³-hybridized carbons (Fsp3) is 0.200. The van der Waals surface area contributed by atoms with Crippen molar-refractivity contribution in [2.24, 2.45) is 5.73 Å². The molecule has 0 radical (unpaired) electrons. The lowest BCUT2D eigenvalue weighted by Gasteiger charge is -2.07. The molecule has 0 saturated carbocycles. The lowest BCUT2D eigenvalue weighted by atomic mass is 10.2. The highest BCUT2D eigenvalue weighted by atomic mass is 35.5. The third-order valence-electron chi connectivity index (χ3n) is 1.72. The van der Waals surface area contributed by atoms with Crippen LogP contribution in [0.5, 0.6) is 0 Å². The highest BCUT2D eigenvalue weighted by Crippen LogP contribution is 2.02.